The molecule has 1 aromatic heterocycles. The van der Waals surface area contributed by atoms with E-state index in [4.69, 9.17) is 27.7 Å². The number of nitrogens with zero attached hydrogens (tertiary/aromatic N) is 3. The van der Waals surface area contributed by atoms with Gasteiger partial charge in [0.15, 0.2) is 5.82 Å². The van der Waals surface area contributed by atoms with E-state index in [1.807, 2.05) is 6.92 Å². The van der Waals surface area contributed by atoms with Crippen LogP contribution in [0.15, 0.2) is 22.7 Å². The number of halogens is 2. The van der Waals surface area contributed by atoms with Crippen LogP contribution in [0, 0.1) is 0 Å². The Morgan fingerprint density at radius 3 is 2.64 bits per heavy atom. The summed E-state index contributed by atoms with van der Waals surface area (Å²) in [5.41, 5.74) is 0.412. The smallest absolute Gasteiger partial charge is 0.240 e. The Kier molecular flexibility index (Phi) is 5.76. The van der Waals surface area contributed by atoms with Gasteiger partial charge in [-0.15, -0.1) is 0 Å². The van der Waals surface area contributed by atoms with Gasteiger partial charge >= 0.3 is 0 Å². The summed E-state index contributed by atoms with van der Waals surface area (Å²) >= 11 is 12.0. The molecular weight excluding hydrogens is 327 g/mol. The SMILES string of the molecule is CCc1noc(CN(C)CC(=O)Nc2c(Cl)cccc2Cl)n1. The van der Waals surface area contributed by atoms with Crippen LogP contribution in [0.4, 0.5) is 5.69 Å². The topological polar surface area (TPSA) is 71.3 Å². The molecule has 0 bridgehead atoms. The van der Waals surface area contributed by atoms with Crippen molar-refractivity contribution in [2.75, 3.05) is 18.9 Å². The molecule has 0 radical (unpaired) electrons. The van der Waals surface area contributed by atoms with Crippen molar-refractivity contribution in [3.63, 3.8) is 0 Å². The summed E-state index contributed by atoms with van der Waals surface area (Å²) in [5.74, 6) is 0.895. The first-order valence-corrected chi connectivity index (χ1v) is 7.49. The van der Waals surface area contributed by atoms with Gasteiger partial charge in [0.05, 0.1) is 28.8 Å². The molecule has 1 heterocycles. The van der Waals surface area contributed by atoms with Crippen molar-refractivity contribution in [1.82, 2.24) is 15.0 Å². The molecule has 8 heteroatoms. The van der Waals surface area contributed by atoms with Gasteiger partial charge in [-0.2, -0.15) is 4.98 Å². The minimum Gasteiger partial charge on any atom is -0.338 e. The molecule has 0 aliphatic carbocycles. The van der Waals surface area contributed by atoms with Gasteiger partial charge in [-0.05, 0) is 19.2 Å². The number of aromatic nitrogens is 2. The largest absolute Gasteiger partial charge is 0.338 e. The van der Waals surface area contributed by atoms with Crippen LogP contribution in [0.25, 0.3) is 0 Å². The van der Waals surface area contributed by atoms with Crippen LogP contribution in [-0.2, 0) is 17.8 Å². The third-order valence-corrected chi connectivity index (χ3v) is 3.50. The highest BCUT2D eigenvalue weighted by molar-refractivity contribution is 6.39. The highest BCUT2D eigenvalue weighted by atomic mass is 35.5. The molecule has 0 aliphatic heterocycles. The lowest BCUT2D eigenvalue weighted by molar-refractivity contribution is -0.117. The number of carbonyl (C=O) groups excluding carboxylic acids is 1. The van der Waals surface area contributed by atoms with Crippen LogP contribution in [0.5, 0.6) is 0 Å². The molecule has 0 atom stereocenters. The van der Waals surface area contributed by atoms with Crippen molar-refractivity contribution in [3.05, 3.63) is 40.0 Å². The fourth-order valence-electron chi connectivity index (χ4n) is 1.83. The maximum atomic E-state index is 12.0. The number of nitrogens with one attached hydrogen (secondary N) is 1. The predicted molar refractivity (Wildman–Crippen MR) is 85.1 cm³/mol. The summed E-state index contributed by atoms with van der Waals surface area (Å²) in [6, 6.07) is 5.04. The lowest BCUT2D eigenvalue weighted by Gasteiger charge is -2.15. The molecule has 0 saturated heterocycles. The summed E-state index contributed by atoms with van der Waals surface area (Å²) < 4.78 is 5.09. The van der Waals surface area contributed by atoms with Crippen molar-refractivity contribution < 1.29 is 9.32 Å². The second kappa shape index (κ2) is 7.58. The van der Waals surface area contributed by atoms with Crippen molar-refractivity contribution >= 4 is 34.8 Å². The fraction of sp³-hybridized carbons (Fsp3) is 0.357. The molecule has 0 fully saturated rings. The maximum absolute atomic E-state index is 12.0. The lowest BCUT2D eigenvalue weighted by atomic mass is 10.3. The van der Waals surface area contributed by atoms with Gasteiger partial charge in [-0.1, -0.05) is 41.3 Å². The van der Waals surface area contributed by atoms with Gasteiger partial charge in [0.2, 0.25) is 11.8 Å². The van der Waals surface area contributed by atoms with E-state index >= 15 is 0 Å². The number of anilines is 1. The van der Waals surface area contributed by atoms with E-state index in [1.165, 1.54) is 0 Å². The minimum absolute atomic E-state index is 0.144. The first-order valence-electron chi connectivity index (χ1n) is 6.73. The summed E-state index contributed by atoms with van der Waals surface area (Å²) in [6.45, 7) is 2.47. The average Bonchev–Trinajstić information content (AvgIpc) is 2.90. The number of rotatable bonds is 6. The second-order valence-electron chi connectivity index (χ2n) is 4.78. The van der Waals surface area contributed by atoms with Gasteiger partial charge in [0.1, 0.15) is 0 Å². The normalized spacial score (nSPS) is 11.0. The Balaban J connectivity index is 1.91. The van der Waals surface area contributed by atoms with Gasteiger partial charge in [-0.25, -0.2) is 0 Å². The van der Waals surface area contributed by atoms with Crippen molar-refractivity contribution in [3.8, 4) is 0 Å². The van der Waals surface area contributed by atoms with Gasteiger partial charge < -0.3 is 9.84 Å². The standard InChI is InChI=1S/C14H16Cl2N4O2/c1-3-11-17-13(22-19-11)8-20(2)7-12(21)18-14-9(15)5-4-6-10(14)16/h4-6H,3,7-8H2,1-2H3,(H,18,21). The van der Waals surface area contributed by atoms with Crippen molar-refractivity contribution in [2.45, 2.75) is 19.9 Å². The van der Waals surface area contributed by atoms with E-state index in [0.717, 1.165) is 0 Å². The van der Waals surface area contributed by atoms with Crippen molar-refractivity contribution in [1.29, 1.82) is 0 Å². The molecule has 118 valence electrons. The maximum Gasteiger partial charge on any atom is 0.240 e. The molecule has 0 aliphatic rings. The molecule has 6 nitrogen and oxygen atoms in total. The molecule has 0 spiro atoms. The Morgan fingerprint density at radius 2 is 2.05 bits per heavy atom. The third kappa shape index (κ3) is 4.43. The average molecular weight is 343 g/mol. The van der Waals surface area contributed by atoms with Crippen LogP contribution in [0.3, 0.4) is 0 Å². The van der Waals surface area contributed by atoms with Gasteiger partial charge in [0, 0.05) is 6.42 Å². The molecule has 2 aromatic rings. The number of likely N-dealkylation sites (N-methyl/N-ethyl adjacent to an activating group) is 1. The summed E-state index contributed by atoms with van der Waals surface area (Å²) in [4.78, 5) is 18.0. The Labute approximate surface area is 138 Å². The summed E-state index contributed by atoms with van der Waals surface area (Å²) in [7, 11) is 1.78. The van der Waals surface area contributed by atoms with Crippen LogP contribution in [0.1, 0.15) is 18.6 Å². The fourth-order valence-corrected chi connectivity index (χ4v) is 2.32. The Morgan fingerprint density at radius 1 is 1.36 bits per heavy atom. The molecule has 2 rings (SSSR count). The van der Waals surface area contributed by atoms with E-state index in [2.05, 4.69) is 15.5 Å². The Bertz CT molecular complexity index is 640. The van der Waals surface area contributed by atoms with E-state index < -0.39 is 0 Å². The van der Waals surface area contributed by atoms with Crippen LogP contribution < -0.4 is 5.32 Å². The van der Waals surface area contributed by atoms with E-state index in [9.17, 15) is 4.79 Å². The van der Waals surface area contributed by atoms with E-state index in [-0.39, 0.29) is 12.5 Å². The molecule has 1 amide bonds. The quantitative estimate of drug-likeness (QED) is 0.873. The molecule has 1 aromatic carbocycles. The second-order valence-corrected chi connectivity index (χ2v) is 5.59. The number of benzene rings is 1. The highest BCUT2D eigenvalue weighted by Crippen LogP contribution is 2.29. The van der Waals surface area contributed by atoms with Gasteiger partial charge in [-0.3, -0.25) is 9.69 Å². The van der Waals surface area contributed by atoms with Crippen LogP contribution >= 0.6 is 23.2 Å². The number of aryl methyl sites for hydroxylation is 1. The molecule has 0 unspecified atom stereocenters. The zero-order valence-corrected chi connectivity index (χ0v) is 13.8. The molecule has 22 heavy (non-hydrogen) atoms. The zero-order chi connectivity index (χ0) is 16.1. The van der Waals surface area contributed by atoms with E-state index in [0.29, 0.717) is 40.4 Å². The number of hydrogen-bond acceptors (Lipinski definition) is 5. The molecule has 0 saturated carbocycles. The van der Waals surface area contributed by atoms with Gasteiger partial charge in [0.25, 0.3) is 0 Å². The third-order valence-electron chi connectivity index (χ3n) is 2.87. The van der Waals surface area contributed by atoms with Crippen LogP contribution in [-0.4, -0.2) is 34.5 Å². The Hall–Kier alpha value is -1.63. The monoisotopic (exact) mass is 342 g/mol. The summed E-state index contributed by atoms with van der Waals surface area (Å²) in [6.07, 6.45) is 0.707. The molecular formula is C14H16Cl2N4O2. The highest BCUT2D eigenvalue weighted by Gasteiger charge is 2.14. The van der Waals surface area contributed by atoms with Crippen molar-refractivity contribution in [2.24, 2.45) is 0 Å². The first kappa shape index (κ1) is 16.7. The van der Waals surface area contributed by atoms with E-state index in [1.54, 1.807) is 30.1 Å². The van der Waals surface area contributed by atoms with Crippen LogP contribution in [0.2, 0.25) is 10.0 Å². The molecule has 1 N–H and O–H groups in total. The number of carbonyl (C=O) groups is 1. The summed E-state index contributed by atoms with van der Waals surface area (Å²) in [5, 5.41) is 7.30. The first-order chi connectivity index (χ1) is 10.5. The zero-order valence-electron chi connectivity index (χ0n) is 12.3. The lowest BCUT2D eigenvalue weighted by Crippen LogP contribution is -2.30. The number of para-hydroxylation sites is 1. The predicted octanol–water partition coefficient (Wildman–Crippen LogP) is 3.01. The number of hydrogen-bond donors (Lipinski definition) is 1. The number of amides is 1. The minimum atomic E-state index is -0.229.